The van der Waals surface area contributed by atoms with E-state index in [4.69, 9.17) is 4.74 Å². The van der Waals surface area contributed by atoms with Crippen LogP contribution >= 0.6 is 0 Å². The smallest absolute Gasteiger partial charge is 0.337 e. The first-order valence-corrected chi connectivity index (χ1v) is 8.55. The van der Waals surface area contributed by atoms with Gasteiger partial charge >= 0.3 is 5.97 Å². The Hall–Kier alpha value is -3.29. The maximum Gasteiger partial charge on any atom is 0.337 e. The lowest BCUT2D eigenvalue weighted by molar-refractivity contribution is -0.150. The minimum atomic E-state index is -1.36. The third kappa shape index (κ3) is 3.14. The highest BCUT2D eigenvalue weighted by atomic mass is 16.5. The molecular formula is C19H20N4O4. The van der Waals surface area contributed by atoms with E-state index < -0.39 is 23.4 Å². The summed E-state index contributed by atoms with van der Waals surface area (Å²) < 4.78 is 7.50. The largest absolute Gasteiger partial charge is 0.464 e. The molecule has 140 valence electrons. The average molecular weight is 368 g/mol. The molecule has 3 rings (SSSR count). The molecule has 0 amide bonds. The number of aryl methyl sites for hydroxylation is 1. The highest BCUT2D eigenvalue weighted by molar-refractivity contribution is 6.00. The van der Waals surface area contributed by atoms with Gasteiger partial charge in [0.25, 0.3) is 5.56 Å². The summed E-state index contributed by atoms with van der Waals surface area (Å²) in [4.78, 5) is 41.3. The van der Waals surface area contributed by atoms with Gasteiger partial charge in [-0.25, -0.2) is 14.5 Å². The van der Waals surface area contributed by atoms with Crippen molar-refractivity contribution in [1.82, 2.24) is 19.3 Å². The molecule has 0 bridgehead atoms. The van der Waals surface area contributed by atoms with E-state index in [0.717, 1.165) is 21.4 Å². The van der Waals surface area contributed by atoms with Crippen molar-refractivity contribution < 1.29 is 14.3 Å². The van der Waals surface area contributed by atoms with Crippen LogP contribution in [-0.4, -0.2) is 37.7 Å². The van der Waals surface area contributed by atoms with Gasteiger partial charge in [0.2, 0.25) is 0 Å². The second kappa shape index (κ2) is 7.14. The van der Waals surface area contributed by atoms with Crippen molar-refractivity contribution in [2.75, 3.05) is 6.61 Å². The van der Waals surface area contributed by atoms with Crippen LogP contribution in [0.5, 0.6) is 0 Å². The first-order valence-electron chi connectivity index (χ1n) is 8.55. The van der Waals surface area contributed by atoms with Gasteiger partial charge < -0.3 is 4.74 Å². The lowest BCUT2D eigenvalue weighted by Crippen LogP contribution is -2.35. The zero-order valence-electron chi connectivity index (χ0n) is 15.6. The molecule has 1 aromatic carbocycles. The number of hydrogen-bond acceptors (Lipinski definition) is 6. The molecule has 0 unspecified atom stereocenters. The predicted octanol–water partition coefficient (Wildman–Crippen LogP) is 1.89. The van der Waals surface area contributed by atoms with E-state index >= 15 is 0 Å². The zero-order chi connectivity index (χ0) is 19.7. The number of carbonyl (C=O) groups is 2. The van der Waals surface area contributed by atoms with Crippen molar-refractivity contribution >= 4 is 22.8 Å². The predicted molar refractivity (Wildman–Crippen MR) is 99.0 cm³/mol. The van der Waals surface area contributed by atoms with E-state index in [1.807, 2.05) is 32.0 Å². The van der Waals surface area contributed by atoms with Gasteiger partial charge in [-0.2, -0.15) is 5.10 Å². The van der Waals surface area contributed by atoms with Gasteiger partial charge in [-0.15, -0.1) is 0 Å². The molecule has 3 aromatic rings. The normalized spacial score (nSPS) is 12.1. The third-order valence-electron chi connectivity index (χ3n) is 4.49. The van der Waals surface area contributed by atoms with Crippen LogP contribution in [0, 0.1) is 13.8 Å². The summed E-state index contributed by atoms with van der Waals surface area (Å²) >= 11 is 0. The number of fused-ring (bicyclic) bond motifs is 1. The van der Waals surface area contributed by atoms with E-state index in [-0.39, 0.29) is 12.0 Å². The zero-order valence-corrected chi connectivity index (χ0v) is 15.6. The molecule has 0 radical (unpaired) electrons. The summed E-state index contributed by atoms with van der Waals surface area (Å²) in [5.74, 6) is -1.28. The molecule has 0 spiro atoms. The van der Waals surface area contributed by atoms with Crippen LogP contribution in [0.25, 0.3) is 16.7 Å². The molecule has 0 aliphatic heterocycles. The van der Waals surface area contributed by atoms with Crippen LogP contribution in [0.2, 0.25) is 0 Å². The SMILES string of the molecule is CCOC(=O)[C@H](C(C)=O)n1cnc2c(cnn2-c2cccc(C)c2C)c1=O. The number of rotatable bonds is 5. The van der Waals surface area contributed by atoms with E-state index in [2.05, 4.69) is 10.1 Å². The Labute approximate surface area is 155 Å². The van der Waals surface area contributed by atoms with Crippen LogP contribution < -0.4 is 5.56 Å². The second-order valence-electron chi connectivity index (χ2n) is 6.23. The molecule has 0 saturated carbocycles. The minimum absolute atomic E-state index is 0.109. The Morgan fingerprint density at radius 1 is 1.26 bits per heavy atom. The summed E-state index contributed by atoms with van der Waals surface area (Å²) in [6, 6.07) is 4.41. The Bertz CT molecular complexity index is 1100. The summed E-state index contributed by atoms with van der Waals surface area (Å²) in [5.41, 5.74) is 2.74. The maximum absolute atomic E-state index is 12.9. The minimum Gasteiger partial charge on any atom is -0.464 e. The van der Waals surface area contributed by atoms with Gasteiger partial charge in [-0.05, 0) is 44.9 Å². The van der Waals surface area contributed by atoms with Gasteiger partial charge in [0.15, 0.2) is 17.5 Å². The molecular weight excluding hydrogens is 348 g/mol. The van der Waals surface area contributed by atoms with Gasteiger partial charge in [0.05, 0.1) is 18.5 Å². The van der Waals surface area contributed by atoms with Crippen LogP contribution in [0.3, 0.4) is 0 Å². The molecule has 8 nitrogen and oxygen atoms in total. The summed E-state index contributed by atoms with van der Waals surface area (Å²) in [6.45, 7) is 6.93. The Kier molecular flexibility index (Phi) is 4.89. The average Bonchev–Trinajstić information content (AvgIpc) is 3.04. The number of ketones is 1. The molecule has 27 heavy (non-hydrogen) atoms. The fraction of sp³-hybridized carbons (Fsp3) is 0.316. The van der Waals surface area contributed by atoms with Crippen molar-refractivity contribution in [3.05, 3.63) is 52.2 Å². The summed E-state index contributed by atoms with van der Waals surface area (Å²) in [7, 11) is 0. The molecule has 0 fully saturated rings. The van der Waals surface area contributed by atoms with Crippen LogP contribution in [0.1, 0.15) is 31.0 Å². The highest BCUT2D eigenvalue weighted by Crippen LogP contribution is 2.20. The number of esters is 1. The van der Waals surface area contributed by atoms with Gasteiger partial charge in [-0.1, -0.05) is 12.1 Å². The van der Waals surface area contributed by atoms with Crippen LogP contribution in [-0.2, 0) is 14.3 Å². The van der Waals surface area contributed by atoms with Crippen molar-refractivity contribution in [1.29, 1.82) is 0 Å². The third-order valence-corrected chi connectivity index (χ3v) is 4.49. The lowest BCUT2D eigenvalue weighted by Gasteiger charge is -2.15. The van der Waals surface area contributed by atoms with Crippen molar-refractivity contribution in [2.45, 2.75) is 33.7 Å². The molecule has 2 aromatic heterocycles. The monoisotopic (exact) mass is 368 g/mol. The number of hydrogen-bond donors (Lipinski definition) is 0. The van der Waals surface area contributed by atoms with E-state index in [1.54, 1.807) is 11.6 Å². The van der Waals surface area contributed by atoms with Crippen molar-refractivity contribution in [3.8, 4) is 5.69 Å². The topological polar surface area (TPSA) is 96.1 Å². The fourth-order valence-electron chi connectivity index (χ4n) is 2.95. The molecule has 0 aliphatic rings. The van der Waals surface area contributed by atoms with Gasteiger partial charge in [-0.3, -0.25) is 14.2 Å². The molecule has 0 aliphatic carbocycles. The number of carbonyl (C=O) groups excluding carboxylic acids is 2. The number of benzene rings is 1. The fourth-order valence-corrected chi connectivity index (χ4v) is 2.95. The molecule has 2 heterocycles. The molecule has 1 atom stereocenters. The van der Waals surface area contributed by atoms with Crippen molar-refractivity contribution in [2.24, 2.45) is 0 Å². The van der Waals surface area contributed by atoms with Gasteiger partial charge in [0.1, 0.15) is 11.7 Å². The molecule has 8 heteroatoms. The first kappa shape index (κ1) is 18.5. The number of Topliss-reactive ketones (excluding diaryl/α,β-unsaturated/α-hetero) is 1. The molecule has 0 saturated heterocycles. The summed E-state index contributed by atoms with van der Waals surface area (Å²) in [6.07, 6.45) is 2.59. The van der Waals surface area contributed by atoms with E-state index in [9.17, 15) is 14.4 Å². The van der Waals surface area contributed by atoms with E-state index in [1.165, 1.54) is 19.4 Å². The van der Waals surface area contributed by atoms with Crippen LogP contribution in [0.15, 0.2) is 35.5 Å². The Morgan fingerprint density at radius 2 is 2.00 bits per heavy atom. The van der Waals surface area contributed by atoms with Crippen molar-refractivity contribution in [3.63, 3.8) is 0 Å². The molecule has 0 N–H and O–H groups in total. The maximum atomic E-state index is 12.9. The Morgan fingerprint density at radius 3 is 2.67 bits per heavy atom. The number of ether oxygens (including phenoxy) is 1. The first-order chi connectivity index (χ1) is 12.9. The quantitative estimate of drug-likeness (QED) is 0.504. The summed E-state index contributed by atoms with van der Waals surface area (Å²) in [5, 5.41) is 4.51. The highest BCUT2D eigenvalue weighted by Gasteiger charge is 2.29. The standard InChI is InChI=1S/C19H20N4O4/c1-5-27-19(26)16(13(4)24)22-10-20-17-14(18(22)25)9-21-23(17)15-8-6-7-11(2)12(15)3/h6-10,16H,5H2,1-4H3/t16-/m0/s1. The number of nitrogens with zero attached hydrogens (tertiary/aromatic N) is 4. The second-order valence-corrected chi connectivity index (χ2v) is 6.23. The number of aromatic nitrogens is 4. The van der Waals surface area contributed by atoms with E-state index in [0.29, 0.717) is 5.65 Å². The van der Waals surface area contributed by atoms with Crippen LogP contribution in [0.4, 0.5) is 0 Å². The van der Waals surface area contributed by atoms with Gasteiger partial charge in [0, 0.05) is 0 Å². The lowest BCUT2D eigenvalue weighted by atomic mass is 10.1. The Balaban J connectivity index is 2.18.